The minimum absolute atomic E-state index is 0.0218. The lowest BCUT2D eigenvalue weighted by molar-refractivity contribution is -0.123. The van der Waals surface area contributed by atoms with E-state index in [-0.39, 0.29) is 41.1 Å². The van der Waals surface area contributed by atoms with E-state index in [1.54, 1.807) is 37.3 Å². The normalized spacial score (nSPS) is 14.7. The van der Waals surface area contributed by atoms with Crippen LogP contribution in [0, 0.1) is 0 Å². The van der Waals surface area contributed by atoms with E-state index >= 15 is 0 Å². The largest absolute Gasteiger partial charge is 0.492 e. The molecule has 0 N–H and O–H groups in total. The molecule has 1 saturated heterocycles. The van der Waals surface area contributed by atoms with Crippen molar-refractivity contribution in [3.05, 3.63) is 87.2 Å². The van der Waals surface area contributed by atoms with E-state index < -0.39 is 21.3 Å². The molecule has 8 nitrogen and oxygen atoms in total. The molecule has 0 bridgehead atoms. The summed E-state index contributed by atoms with van der Waals surface area (Å²) in [5.41, 5.74) is 0.521. The molecule has 0 spiro atoms. The lowest BCUT2D eigenvalue weighted by Crippen LogP contribution is -2.32. The van der Waals surface area contributed by atoms with Crippen molar-refractivity contribution in [3.8, 4) is 17.2 Å². The number of hydrogen-bond acceptors (Lipinski definition) is 8. The predicted octanol–water partition coefficient (Wildman–Crippen LogP) is 6.28. The second-order valence-electron chi connectivity index (χ2n) is 7.77. The lowest BCUT2D eigenvalue weighted by Gasteiger charge is -2.13. The topological polar surface area (TPSA) is 99.2 Å². The molecule has 12 heteroatoms. The fraction of sp³-hybridized carbons (Fsp3) is 0.154. The Kier molecular flexibility index (Phi) is 8.88. The van der Waals surface area contributed by atoms with E-state index in [2.05, 4.69) is 0 Å². The highest BCUT2D eigenvalue weighted by Crippen LogP contribution is 2.35. The summed E-state index contributed by atoms with van der Waals surface area (Å²) in [6, 6.07) is 16.8. The van der Waals surface area contributed by atoms with Crippen LogP contribution in [0.3, 0.4) is 0 Å². The van der Waals surface area contributed by atoms with Gasteiger partial charge in [-0.1, -0.05) is 29.3 Å². The van der Waals surface area contributed by atoms with E-state index in [4.69, 9.17) is 36.9 Å². The zero-order valence-electron chi connectivity index (χ0n) is 19.9. The van der Waals surface area contributed by atoms with Crippen LogP contribution in [0.25, 0.3) is 6.08 Å². The van der Waals surface area contributed by atoms with Crippen LogP contribution in [0.4, 0.5) is 4.79 Å². The maximum Gasteiger partial charge on any atom is 0.339 e. The van der Waals surface area contributed by atoms with Gasteiger partial charge in [0.05, 0.1) is 18.1 Å². The van der Waals surface area contributed by atoms with Gasteiger partial charge in [-0.05, 0) is 91.0 Å². The molecule has 0 unspecified atom stereocenters. The SMILES string of the molecule is CCOc1cc(/C=C2\SC(=O)N(CCOc3ccc(Cl)cc3)C2=O)ccc1OS(=O)(=O)c1ccc(Cl)cc1. The zero-order chi connectivity index (χ0) is 27.3. The van der Waals surface area contributed by atoms with Crippen LogP contribution in [0.15, 0.2) is 76.5 Å². The third-order valence-electron chi connectivity index (χ3n) is 5.14. The highest BCUT2D eigenvalue weighted by atomic mass is 35.5. The first-order valence-electron chi connectivity index (χ1n) is 11.3. The molecule has 1 fully saturated rings. The number of benzene rings is 3. The summed E-state index contributed by atoms with van der Waals surface area (Å²) in [7, 11) is -4.14. The number of carbonyl (C=O) groups is 2. The second kappa shape index (κ2) is 12.1. The molecule has 0 atom stereocenters. The molecule has 0 aromatic heterocycles. The standard InChI is InChI=1S/C26H21Cl2NO7S2/c1-2-34-23-15-17(3-12-22(23)36-38(32,33)21-10-6-19(28)7-11-21)16-24-25(30)29(26(31)37-24)13-14-35-20-8-4-18(27)5-9-20/h3-12,15-16H,2,13-14H2,1H3/b24-16-. The fourth-order valence-electron chi connectivity index (χ4n) is 3.35. The Morgan fingerprint density at radius 3 is 2.21 bits per heavy atom. The summed E-state index contributed by atoms with van der Waals surface area (Å²) in [4.78, 5) is 26.5. The van der Waals surface area contributed by atoms with Crippen LogP contribution in [0.5, 0.6) is 17.2 Å². The van der Waals surface area contributed by atoms with E-state index in [0.717, 1.165) is 16.7 Å². The van der Waals surface area contributed by atoms with Crippen LogP contribution in [0.1, 0.15) is 12.5 Å². The molecule has 38 heavy (non-hydrogen) atoms. The Bertz CT molecular complexity index is 1470. The smallest absolute Gasteiger partial charge is 0.339 e. The van der Waals surface area contributed by atoms with Crippen molar-refractivity contribution >= 4 is 62.3 Å². The van der Waals surface area contributed by atoms with Gasteiger partial charge in [0.15, 0.2) is 11.5 Å². The number of halogens is 2. The van der Waals surface area contributed by atoms with Crippen molar-refractivity contribution in [2.45, 2.75) is 11.8 Å². The maximum absolute atomic E-state index is 12.9. The number of thioether (sulfide) groups is 1. The summed E-state index contributed by atoms with van der Waals surface area (Å²) in [5.74, 6) is 0.254. The van der Waals surface area contributed by atoms with E-state index in [0.29, 0.717) is 21.4 Å². The van der Waals surface area contributed by atoms with Crippen molar-refractivity contribution in [2.75, 3.05) is 19.8 Å². The number of ether oxygens (including phenoxy) is 2. The molecule has 2 amide bonds. The lowest BCUT2D eigenvalue weighted by atomic mass is 10.2. The van der Waals surface area contributed by atoms with E-state index in [1.807, 2.05) is 0 Å². The third kappa shape index (κ3) is 6.82. The second-order valence-corrected chi connectivity index (χ2v) is 11.2. The van der Waals surface area contributed by atoms with Crippen LogP contribution in [-0.4, -0.2) is 44.2 Å². The Hall–Kier alpha value is -3.18. The summed E-state index contributed by atoms with van der Waals surface area (Å²) in [6.45, 7) is 2.17. The van der Waals surface area contributed by atoms with Gasteiger partial charge in [0, 0.05) is 10.0 Å². The van der Waals surface area contributed by atoms with Crippen molar-refractivity contribution in [1.82, 2.24) is 4.90 Å². The molecule has 1 heterocycles. The van der Waals surface area contributed by atoms with Crippen LogP contribution < -0.4 is 13.7 Å². The summed E-state index contributed by atoms with van der Waals surface area (Å²) >= 11 is 12.5. The third-order valence-corrected chi connectivity index (χ3v) is 7.80. The average molecular weight is 594 g/mol. The Labute approximate surface area is 234 Å². The first kappa shape index (κ1) is 27.8. The first-order chi connectivity index (χ1) is 18.2. The fourth-order valence-corrected chi connectivity index (χ4v) is 5.41. The Balaban J connectivity index is 1.47. The Morgan fingerprint density at radius 2 is 1.55 bits per heavy atom. The van der Waals surface area contributed by atoms with E-state index in [1.165, 1.54) is 42.5 Å². The molecule has 198 valence electrons. The number of amides is 2. The maximum atomic E-state index is 12.9. The Morgan fingerprint density at radius 1 is 0.895 bits per heavy atom. The minimum Gasteiger partial charge on any atom is -0.492 e. The number of hydrogen-bond donors (Lipinski definition) is 0. The van der Waals surface area contributed by atoms with Gasteiger partial charge < -0.3 is 13.7 Å². The zero-order valence-corrected chi connectivity index (χ0v) is 23.1. The number of imide groups is 1. The monoisotopic (exact) mass is 593 g/mol. The van der Waals surface area contributed by atoms with Crippen molar-refractivity contribution in [2.24, 2.45) is 0 Å². The minimum atomic E-state index is -4.14. The first-order valence-corrected chi connectivity index (χ1v) is 14.2. The number of nitrogens with zero attached hydrogens (tertiary/aromatic N) is 1. The molecule has 0 aliphatic carbocycles. The molecular weight excluding hydrogens is 573 g/mol. The van der Waals surface area contributed by atoms with Crippen molar-refractivity contribution < 1.29 is 31.7 Å². The van der Waals surface area contributed by atoms with E-state index in [9.17, 15) is 18.0 Å². The summed E-state index contributed by atoms with van der Waals surface area (Å²) in [6.07, 6.45) is 1.53. The van der Waals surface area contributed by atoms with Crippen LogP contribution in [0.2, 0.25) is 10.0 Å². The average Bonchev–Trinajstić information content (AvgIpc) is 3.14. The molecular formula is C26H21Cl2NO7S2. The number of rotatable bonds is 10. The highest BCUT2D eigenvalue weighted by molar-refractivity contribution is 8.18. The van der Waals surface area contributed by atoms with Gasteiger partial charge in [-0.25, -0.2) is 0 Å². The molecule has 4 rings (SSSR count). The predicted molar refractivity (Wildman–Crippen MR) is 147 cm³/mol. The van der Waals surface area contributed by atoms with Gasteiger partial charge in [-0.15, -0.1) is 0 Å². The molecule has 3 aromatic rings. The van der Waals surface area contributed by atoms with Gasteiger partial charge >= 0.3 is 10.1 Å². The quantitative estimate of drug-likeness (QED) is 0.200. The van der Waals surface area contributed by atoms with Gasteiger partial charge in [0.2, 0.25) is 0 Å². The number of carbonyl (C=O) groups excluding carboxylic acids is 2. The van der Waals surface area contributed by atoms with Gasteiger partial charge in [-0.3, -0.25) is 14.5 Å². The summed E-state index contributed by atoms with van der Waals surface area (Å²) in [5, 5.41) is 0.547. The molecule has 1 aliphatic heterocycles. The van der Waals surface area contributed by atoms with Gasteiger partial charge in [0.25, 0.3) is 11.1 Å². The van der Waals surface area contributed by atoms with Crippen molar-refractivity contribution in [3.63, 3.8) is 0 Å². The van der Waals surface area contributed by atoms with Gasteiger partial charge in [0.1, 0.15) is 17.3 Å². The van der Waals surface area contributed by atoms with Gasteiger partial charge in [-0.2, -0.15) is 8.42 Å². The molecule has 1 aliphatic rings. The molecule has 3 aromatic carbocycles. The van der Waals surface area contributed by atoms with Crippen LogP contribution in [-0.2, 0) is 14.9 Å². The van der Waals surface area contributed by atoms with Crippen molar-refractivity contribution in [1.29, 1.82) is 0 Å². The highest BCUT2D eigenvalue weighted by Gasteiger charge is 2.35. The summed E-state index contributed by atoms with van der Waals surface area (Å²) < 4.78 is 41.9. The molecule has 0 radical (unpaired) electrons. The molecule has 0 saturated carbocycles. The van der Waals surface area contributed by atoms with Crippen LogP contribution >= 0.6 is 35.0 Å².